The fraction of sp³-hybridized carbons (Fsp3) is 0.0667. The number of hydrogen-bond acceptors (Lipinski definition) is 1. The first kappa shape index (κ1) is 9.97. The molecule has 0 aliphatic carbocycles. The van der Waals surface area contributed by atoms with Gasteiger partial charge in [-0.25, -0.2) is 0 Å². The Morgan fingerprint density at radius 3 is 2.53 bits per heavy atom. The summed E-state index contributed by atoms with van der Waals surface area (Å²) in [6.45, 7) is 0. The maximum Gasteiger partial charge on any atom is 0.189 e. The second kappa shape index (κ2) is 3.98. The third-order valence-corrected chi connectivity index (χ3v) is 2.92. The number of aromatic hydroxyl groups is 1. The molecule has 1 heterocycles. The van der Waals surface area contributed by atoms with Crippen LogP contribution in [0.1, 0.15) is 11.1 Å². The number of rotatable bonds is 2. The normalized spacial score (nSPS) is 10.8. The van der Waals surface area contributed by atoms with Crippen LogP contribution in [-0.4, -0.2) is 10.1 Å². The number of H-pyrrole nitrogens is 1. The third-order valence-electron chi connectivity index (χ3n) is 2.92. The van der Waals surface area contributed by atoms with E-state index < -0.39 is 0 Å². The minimum absolute atomic E-state index is 0.219. The molecule has 0 saturated carbocycles. The van der Waals surface area contributed by atoms with Crippen molar-refractivity contribution in [1.29, 1.82) is 0 Å². The van der Waals surface area contributed by atoms with Crippen molar-refractivity contribution in [3.8, 4) is 5.88 Å². The summed E-state index contributed by atoms with van der Waals surface area (Å²) in [5.74, 6) is 0.219. The molecule has 0 fully saturated rings. The predicted octanol–water partition coefficient (Wildman–Crippen LogP) is 3.46. The summed E-state index contributed by atoms with van der Waals surface area (Å²) in [7, 11) is 0. The van der Waals surface area contributed by atoms with Crippen molar-refractivity contribution in [2.24, 2.45) is 0 Å². The molecule has 3 rings (SSSR count). The molecule has 84 valence electrons. The van der Waals surface area contributed by atoms with Gasteiger partial charge in [-0.3, -0.25) is 0 Å². The van der Waals surface area contributed by atoms with E-state index in [0.29, 0.717) is 0 Å². The third kappa shape index (κ3) is 2.02. The fourth-order valence-corrected chi connectivity index (χ4v) is 2.11. The zero-order valence-corrected chi connectivity index (χ0v) is 9.35. The van der Waals surface area contributed by atoms with Gasteiger partial charge >= 0.3 is 0 Å². The van der Waals surface area contributed by atoms with Gasteiger partial charge in [-0.1, -0.05) is 36.4 Å². The largest absolute Gasteiger partial charge is 0.495 e. The molecule has 0 atom stereocenters. The molecule has 0 amide bonds. The molecule has 2 N–H and O–H groups in total. The summed E-state index contributed by atoms with van der Waals surface area (Å²) in [5.41, 5.74) is 3.52. The first-order valence-corrected chi connectivity index (χ1v) is 5.66. The summed E-state index contributed by atoms with van der Waals surface area (Å²) in [6, 6.07) is 18.3. The molecule has 2 nitrogen and oxygen atoms in total. The van der Waals surface area contributed by atoms with Crippen LogP contribution in [-0.2, 0) is 6.42 Å². The van der Waals surface area contributed by atoms with Gasteiger partial charge in [-0.2, -0.15) is 0 Å². The van der Waals surface area contributed by atoms with Crippen LogP contribution in [0, 0.1) is 0 Å². The maximum atomic E-state index is 9.38. The molecular formula is C15H13NO. The summed E-state index contributed by atoms with van der Waals surface area (Å²) < 4.78 is 0. The molecule has 0 aliphatic heterocycles. The second-order valence-electron chi connectivity index (χ2n) is 4.24. The molecular weight excluding hydrogens is 210 g/mol. The Hall–Kier alpha value is -2.22. The van der Waals surface area contributed by atoms with Gasteiger partial charge in [0.2, 0.25) is 0 Å². The van der Waals surface area contributed by atoms with Crippen molar-refractivity contribution < 1.29 is 5.11 Å². The van der Waals surface area contributed by atoms with E-state index in [1.54, 1.807) is 6.07 Å². The van der Waals surface area contributed by atoms with Gasteiger partial charge in [0.05, 0.1) is 0 Å². The molecule has 0 bridgehead atoms. The molecule has 0 aliphatic rings. The Bertz CT molecular complexity index is 640. The summed E-state index contributed by atoms with van der Waals surface area (Å²) in [5, 5.41) is 10.4. The fourth-order valence-electron chi connectivity index (χ4n) is 2.11. The van der Waals surface area contributed by atoms with E-state index in [-0.39, 0.29) is 5.88 Å². The summed E-state index contributed by atoms with van der Waals surface area (Å²) >= 11 is 0. The second-order valence-corrected chi connectivity index (χ2v) is 4.24. The lowest BCUT2D eigenvalue weighted by Crippen LogP contribution is -1.86. The molecule has 0 unspecified atom stereocenters. The molecule has 0 radical (unpaired) electrons. The number of aromatic nitrogens is 1. The van der Waals surface area contributed by atoms with E-state index in [9.17, 15) is 5.11 Å². The van der Waals surface area contributed by atoms with Crippen molar-refractivity contribution in [3.05, 3.63) is 65.7 Å². The van der Waals surface area contributed by atoms with Crippen LogP contribution >= 0.6 is 0 Å². The molecule has 3 aromatic rings. The predicted molar refractivity (Wildman–Crippen MR) is 69.2 cm³/mol. The smallest absolute Gasteiger partial charge is 0.189 e. The van der Waals surface area contributed by atoms with E-state index in [4.69, 9.17) is 0 Å². The Kier molecular flexibility index (Phi) is 2.33. The van der Waals surface area contributed by atoms with E-state index in [1.807, 2.05) is 12.1 Å². The number of aromatic amines is 1. The lowest BCUT2D eigenvalue weighted by atomic mass is 10.0. The van der Waals surface area contributed by atoms with Crippen LogP contribution in [0.15, 0.2) is 54.6 Å². The van der Waals surface area contributed by atoms with Gasteiger partial charge in [0.1, 0.15) is 0 Å². The molecule has 17 heavy (non-hydrogen) atoms. The first-order chi connectivity index (χ1) is 8.31. The zero-order valence-electron chi connectivity index (χ0n) is 9.35. The average molecular weight is 223 g/mol. The van der Waals surface area contributed by atoms with E-state index in [0.717, 1.165) is 17.3 Å². The highest BCUT2D eigenvalue weighted by Gasteiger charge is 2.01. The van der Waals surface area contributed by atoms with Gasteiger partial charge in [-0.05, 0) is 29.7 Å². The quantitative estimate of drug-likeness (QED) is 0.685. The summed E-state index contributed by atoms with van der Waals surface area (Å²) in [6.07, 6.45) is 0.919. The Morgan fingerprint density at radius 1 is 0.882 bits per heavy atom. The van der Waals surface area contributed by atoms with Gasteiger partial charge in [0.15, 0.2) is 5.88 Å². The van der Waals surface area contributed by atoms with Gasteiger partial charge in [0.25, 0.3) is 0 Å². The van der Waals surface area contributed by atoms with Gasteiger partial charge < -0.3 is 10.1 Å². The zero-order chi connectivity index (χ0) is 11.7. The van der Waals surface area contributed by atoms with Crippen LogP contribution in [0.4, 0.5) is 0 Å². The molecule has 1 aromatic heterocycles. The monoisotopic (exact) mass is 223 g/mol. The van der Waals surface area contributed by atoms with Crippen LogP contribution in [0.5, 0.6) is 5.88 Å². The number of nitrogens with one attached hydrogen (secondary N) is 1. The average Bonchev–Trinajstić information content (AvgIpc) is 2.70. The number of benzene rings is 2. The van der Waals surface area contributed by atoms with Crippen LogP contribution < -0.4 is 0 Å². The van der Waals surface area contributed by atoms with Crippen molar-refractivity contribution in [2.75, 3.05) is 0 Å². The highest BCUT2D eigenvalue weighted by atomic mass is 16.3. The van der Waals surface area contributed by atoms with Gasteiger partial charge in [0, 0.05) is 17.0 Å². The SMILES string of the molecule is Oc1cc2cc(Cc3ccccc3)ccc2[nH]1. The van der Waals surface area contributed by atoms with Crippen molar-refractivity contribution >= 4 is 10.9 Å². The topological polar surface area (TPSA) is 36.0 Å². The minimum atomic E-state index is 0.219. The van der Waals surface area contributed by atoms with Crippen LogP contribution in [0.2, 0.25) is 0 Å². The number of fused-ring (bicyclic) bond motifs is 1. The van der Waals surface area contributed by atoms with Crippen molar-refractivity contribution in [3.63, 3.8) is 0 Å². The van der Waals surface area contributed by atoms with Gasteiger partial charge in [-0.15, -0.1) is 0 Å². The van der Waals surface area contributed by atoms with E-state index in [2.05, 4.69) is 41.4 Å². The number of hydrogen-bond donors (Lipinski definition) is 2. The summed E-state index contributed by atoms with van der Waals surface area (Å²) in [4.78, 5) is 2.91. The van der Waals surface area contributed by atoms with E-state index >= 15 is 0 Å². The van der Waals surface area contributed by atoms with Crippen LogP contribution in [0.25, 0.3) is 10.9 Å². The lowest BCUT2D eigenvalue weighted by Gasteiger charge is -2.01. The first-order valence-electron chi connectivity index (χ1n) is 5.66. The lowest BCUT2D eigenvalue weighted by molar-refractivity contribution is 0.458. The van der Waals surface area contributed by atoms with Crippen LogP contribution in [0.3, 0.4) is 0 Å². The Morgan fingerprint density at radius 2 is 1.71 bits per heavy atom. The van der Waals surface area contributed by atoms with E-state index in [1.165, 1.54) is 11.1 Å². The molecule has 2 heteroatoms. The highest BCUT2D eigenvalue weighted by Crippen LogP contribution is 2.21. The molecule has 0 spiro atoms. The minimum Gasteiger partial charge on any atom is -0.495 e. The maximum absolute atomic E-state index is 9.38. The van der Waals surface area contributed by atoms with Crippen molar-refractivity contribution in [2.45, 2.75) is 6.42 Å². The Balaban J connectivity index is 1.95. The Labute approximate surface area is 99.5 Å². The van der Waals surface area contributed by atoms with Crippen molar-refractivity contribution in [1.82, 2.24) is 4.98 Å². The molecule has 2 aromatic carbocycles. The molecule has 0 saturated heterocycles. The standard InChI is InChI=1S/C15H13NO/c17-15-10-13-9-12(6-7-14(13)16-15)8-11-4-2-1-3-5-11/h1-7,9-10,16-17H,8H2. The highest BCUT2D eigenvalue weighted by molar-refractivity contribution is 5.82.